The number of amides is 2. The summed E-state index contributed by atoms with van der Waals surface area (Å²) in [7, 11) is -4.15. The summed E-state index contributed by atoms with van der Waals surface area (Å²) >= 11 is 0. The topological polar surface area (TPSA) is 96.0 Å². The molecule has 226 valence electrons. The van der Waals surface area contributed by atoms with Crippen LogP contribution in [-0.4, -0.2) is 50.9 Å². The molecular weight excluding hydrogens is 550 g/mol. The molecule has 0 aromatic heterocycles. The summed E-state index contributed by atoms with van der Waals surface area (Å²) in [5.41, 5.74) is 3.19. The van der Waals surface area contributed by atoms with E-state index in [-0.39, 0.29) is 17.3 Å². The predicted octanol–water partition coefficient (Wildman–Crippen LogP) is 5.62. The van der Waals surface area contributed by atoms with Crippen molar-refractivity contribution in [2.24, 2.45) is 0 Å². The van der Waals surface area contributed by atoms with Crippen molar-refractivity contribution in [2.45, 2.75) is 71.4 Å². The molecule has 0 saturated heterocycles. The predicted molar refractivity (Wildman–Crippen MR) is 167 cm³/mol. The molecule has 0 spiro atoms. The minimum Gasteiger partial charge on any atom is -0.494 e. The van der Waals surface area contributed by atoms with Crippen LogP contribution in [0.25, 0.3) is 0 Å². The van der Waals surface area contributed by atoms with Crippen LogP contribution in [-0.2, 0) is 26.2 Å². The summed E-state index contributed by atoms with van der Waals surface area (Å²) in [5, 5.41) is 2.96. The largest absolute Gasteiger partial charge is 0.494 e. The number of hydrogen-bond donors (Lipinski definition) is 1. The van der Waals surface area contributed by atoms with Crippen molar-refractivity contribution >= 4 is 27.5 Å². The average molecular weight is 594 g/mol. The molecule has 3 aromatic carbocycles. The first-order chi connectivity index (χ1) is 20.1. The van der Waals surface area contributed by atoms with E-state index in [1.165, 1.54) is 17.0 Å². The summed E-state index contributed by atoms with van der Waals surface area (Å²) in [6.45, 7) is 10.3. The summed E-state index contributed by atoms with van der Waals surface area (Å²) in [6.07, 6.45) is 2.14. The number of sulfonamides is 1. The molecule has 2 amide bonds. The van der Waals surface area contributed by atoms with Gasteiger partial charge in [0.2, 0.25) is 11.8 Å². The number of anilines is 1. The fourth-order valence-electron chi connectivity index (χ4n) is 4.64. The zero-order valence-electron chi connectivity index (χ0n) is 25.3. The van der Waals surface area contributed by atoms with Crippen molar-refractivity contribution in [3.63, 3.8) is 0 Å². The first kappa shape index (κ1) is 32.7. The molecule has 42 heavy (non-hydrogen) atoms. The van der Waals surface area contributed by atoms with Crippen LogP contribution in [0.15, 0.2) is 77.7 Å². The van der Waals surface area contributed by atoms with E-state index in [0.29, 0.717) is 31.0 Å². The van der Waals surface area contributed by atoms with E-state index in [0.717, 1.165) is 33.8 Å². The lowest BCUT2D eigenvalue weighted by molar-refractivity contribution is -0.140. The molecule has 0 radical (unpaired) electrons. The maximum Gasteiger partial charge on any atom is 0.264 e. The second kappa shape index (κ2) is 15.4. The van der Waals surface area contributed by atoms with Crippen molar-refractivity contribution in [3.8, 4) is 5.75 Å². The van der Waals surface area contributed by atoms with Crippen LogP contribution in [0, 0.1) is 13.8 Å². The molecule has 0 unspecified atom stereocenters. The Morgan fingerprint density at radius 2 is 1.57 bits per heavy atom. The van der Waals surface area contributed by atoms with Crippen LogP contribution < -0.4 is 14.4 Å². The highest BCUT2D eigenvalue weighted by molar-refractivity contribution is 7.92. The van der Waals surface area contributed by atoms with Crippen molar-refractivity contribution in [2.75, 3.05) is 24.0 Å². The zero-order chi connectivity index (χ0) is 30.7. The lowest BCUT2D eigenvalue weighted by Gasteiger charge is -2.33. The van der Waals surface area contributed by atoms with Gasteiger partial charge in [-0.3, -0.25) is 13.9 Å². The number of nitrogens with one attached hydrogen (secondary N) is 1. The molecular formula is C33H43N3O5S. The Bertz CT molecular complexity index is 1420. The fourth-order valence-corrected chi connectivity index (χ4v) is 6.05. The third-order valence-electron chi connectivity index (χ3n) is 7.14. The Morgan fingerprint density at radius 3 is 2.17 bits per heavy atom. The quantitative estimate of drug-likeness (QED) is 0.231. The highest BCUT2D eigenvalue weighted by atomic mass is 32.2. The first-order valence-corrected chi connectivity index (χ1v) is 16.0. The van der Waals surface area contributed by atoms with Crippen LogP contribution >= 0.6 is 0 Å². The van der Waals surface area contributed by atoms with Crippen molar-refractivity contribution in [1.29, 1.82) is 0 Å². The van der Waals surface area contributed by atoms with Crippen LogP contribution in [0.2, 0.25) is 0 Å². The Hall–Kier alpha value is -3.85. The second-order valence-corrected chi connectivity index (χ2v) is 12.1. The maximum atomic E-state index is 14.2. The number of carbonyl (C=O) groups excluding carboxylic acids is 2. The van der Waals surface area contributed by atoms with Gasteiger partial charge in [-0.1, -0.05) is 62.2 Å². The molecule has 0 heterocycles. The lowest BCUT2D eigenvalue weighted by Crippen LogP contribution is -2.52. The van der Waals surface area contributed by atoms with E-state index in [2.05, 4.69) is 5.32 Å². The van der Waals surface area contributed by atoms with Crippen LogP contribution in [0.3, 0.4) is 0 Å². The number of nitrogens with zero attached hydrogens (tertiary/aromatic N) is 2. The van der Waals surface area contributed by atoms with Gasteiger partial charge in [-0.05, 0) is 81.1 Å². The van der Waals surface area contributed by atoms with Gasteiger partial charge in [-0.25, -0.2) is 8.42 Å². The van der Waals surface area contributed by atoms with Gasteiger partial charge in [0, 0.05) is 13.1 Å². The molecule has 0 aliphatic carbocycles. The van der Waals surface area contributed by atoms with Gasteiger partial charge in [0.05, 0.1) is 17.2 Å². The first-order valence-electron chi connectivity index (χ1n) is 14.6. The molecule has 0 saturated carbocycles. The average Bonchev–Trinajstić information content (AvgIpc) is 2.97. The summed E-state index contributed by atoms with van der Waals surface area (Å²) < 4.78 is 34.7. The molecule has 0 bridgehead atoms. The van der Waals surface area contributed by atoms with Gasteiger partial charge < -0.3 is 15.0 Å². The van der Waals surface area contributed by atoms with Gasteiger partial charge in [0.15, 0.2) is 0 Å². The van der Waals surface area contributed by atoms with E-state index < -0.39 is 28.5 Å². The smallest absolute Gasteiger partial charge is 0.264 e. The standard InChI is InChI=1S/C33H43N3O5S/c1-6-9-22-34-33(38)31(7-2)35(23-27-13-11-10-12-26(27)5)32(37)24-36(28-16-14-25(4)15-17-28)42(39,40)30-20-18-29(19-21-30)41-8-3/h10-21,31H,6-9,22-24H2,1-5H3,(H,34,38)/t31-/m0/s1. The summed E-state index contributed by atoms with van der Waals surface area (Å²) in [6, 6.07) is 20.1. The highest BCUT2D eigenvalue weighted by Gasteiger charge is 2.33. The van der Waals surface area contributed by atoms with Gasteiger partial charge in [0.1, 0.15) is 18.3 Å². The van der Waals surface area contributed by atoms with Crippen LogP contribution in [0.5, 0.6) is 5.75 Å². The molecule has 3 rings (SSSR count). The van der Waals surface area contributed by atoms with E-state index >= 15 is 0 Å². The van der Waals surface area contributed by atoms with Gasteiger partial charge in [0.25, 0.3) is 10.0 Å². The third-order valence-corrected chi connectivity index (χ3v) is 8.93. The van der Waals surface area contributed by atoms with E-state index in [1.54, 1.807) is 24.3 Å². The minimum absolute atomic E-state index is 0.0362. The number of rotatable bonds is 15. The number of hydrogen-bond acceptors (Lipinski definition) is 5. The summed E-state index contributed by atoms with van der Waals surface area (Å²) in [4.78, 5) is 29.0. The zero-order valence-corrected chi connectivity index (χ0v) is 26.1. The van der Waals surface area contributed by atoms with E-state index in [9.17, 15) is 18.0 Å². The third kappa shape index (κ3) is 8.35. The highest BCUT2D eigenvalue weighted by Crippen LogP contribution is 2.27. The van der Waals surface area contributed by atoms with Gasteiger partial charge >= 0.3 is 0 Å². The molecule has 0 aliphatic rings. The Labute approximate surface area is 250 Å². The van der Waals surface area contributed by atoms with Gasteiger partial charge in [-0.2, -0.15) is 0 Å². The molecule has 1 N–H and O–H groups in total. The molecule has 9 heteroatoms. The maximum absolute atomic E-state index is 14.2. The normalized spacial score (nSPS) is 11.9. The molecule has 0 fully saturated rings. The number of carbonyl (C=O) groups is 2. The second-order valence-electron chi connectivity index (χ2n) is 10.3. The summed E-state index contributed by atoms with van der Waals surface area (Å²) in [5.74, 6) is -0.159. The molecule has 3 aromatic rings. The Balaban J connectivity index is 2.03. The van der Waals surface area contributed by atoms with Crippen LogP contribution in [0.1, 0.15) is 56.7 Å². The van der Waals surface area contributed by atoms with Crippen molar-refractivity contribution in [1.82, 2.24) is 10.2 Å². The number of aryl methyl sites for hydroxylation is 2. The molecule has 1 atom stereocenters. The van der Waals surface area contributed by atoms with Crippen molar-refractivity contribution in [3.05, 3.63) is 89.5 Å². The van der Waals surface area contributed by atoms with Crippen LogP contribution in [0.4, 0.5) is 5.69 Å². The minimum atomic E-state index is -4.15. The van der Waals surface area contributed by atoms with Crippen molar-refractivity contribution < 1.29 is 22.7 Å². The Morgan fingerprint density at radius 1 is 0.905 bits per heavy atom. The van der Waals surface area contributed by atoms with Gasteiger partial charge in [-0.15, -0.1) is 0 Å². The number of unbranched alkanes of at least 4 members (excludes halogenated alkanes) is 1. The monoisotopic (exact) mass is 593 g/mol. The molecule has 0 aliphatic heterocycles. The Kier molecular flexibility index (Phi) is 12.0. The lowest BCUT2D eigenvalue weighted by atomic mass is 10.1. The SMILES string of the molecule is CCCCNC(=O)[C@H](CC)N(Cc1ccccc1C)C(=O)CN(c1ccc(C)cc1)S(=O)(=O)c1ccc(OCC)cc1. The number of ether oxygens (including phenoxy) is 1. The fraction of sp³-hybridized carbons (Fsp3) is 0.394. The number of benzene rings is 3. The van der Waals surface area contributed by atoms with E-state index in [1.807, 2.05) is 71.0 Å². The molecule has 8 nitrogen and oxygen atoms in total. The van der Waals surface area contributed by atoms with E-state index in [4.69, 9.17) is 4.74 Å².